The van der Waals surface area contributed by atoms with Crippen LogP contribution in [0.25, 0.3) is 0 Å². The van der Waals surface area contributed by atoms with E-state index < -0.39 is 0 Å². The van der Waals surface area contributed by atoms with Crippen LogP contribution in [0.5, 0.6) is 5.75 Å². The average molecular weight is 225 g/mol. The van der Waals surface area contributed by atoms with Gasteiger partial charge in [-0.15, -0.1) is 0 Å². The zero-order valence-corrected chi connectivity index (χ0v) is 10.5. The van der Waals surface area contributed by atoms with Crippen molar-refractivity contribution in [2.45, 2.75) is 45.6 Å². The van der Waals surface area contributed by atoms with Crippen molar-refractivity contribution in [1.82, 2.24) is 0 Å². The summed E-state index contributed by atoms with van der Waals surface area (Å²) >= 11 is 6.11. The van der Waals surface area contributed by atoms with E-state index in [9.17, 15) is 0 Å². The SMILES string of the molecule is CC(C)c1cc(Cl)cc2c1OC(C)(C)C2. The molecule has 1 heterocycles. The number of halogens is 1. The van der Waals surface area contributed by atoms with Gasteiger partial charge < -0.3 is 4.74 Å². The Balaban J connectivity index is 2.53. The Morgan fingerprint density at radius 2 is 2.00 bits per heavy atom. The molecular formula is C13H17ClO. The molecule has 0 bridgehead atoms. The second kappa shape index (κ2) is 3.41. The summed E-state index contributed by atoms with van der Waals surface area (Å²) in [6.07, 6.45) is 0.947. The van der Waals surface area contributed by atoms with Gasteiger partial charge in [-0.05, 0) is 43.0 Å². The smallest absolute Gasteiger partial charge is 0.127 e. The molecule has 1 aliphatic heterocycles. The zero-order valence-electron chi connectivity index (χ0n) is 9.73. The third-order valence-corrected chi connectivity index (χ3v) is 2.99. The molecule has 2 heteroatoms. The van der Waals surface area contributed by atoms with Gasteiger partial charge in [-0.3, -0.25) is 0 Å². The largest absolute Gasteiger partial charge is 0.487 e. The van der Waals surface area contributed by atoms with Gasteiger partial charge in [-0.2, -0.15) is 0 Å². The van der Waals surface area contributed by atoms with Crippen LogP contribution in [0.4, 0.5) is 0 Å². The Labute approximate surface area is 96.4 Å². The van der Waals surface area contributed by atoms with Crippen LogP contribution in [0.1, 0.15) is 44.7 Å². The van der Waals surface area contributed by atoms with E-state index in [1.807, 2.05) is 12.1 Å². The molecule has 0 fully saturated rings. The van der Waals surface area contributed by atoms with Crippen LogP contribution in [0.15, 0.2) is 12.1 Å². The standard InChI is InChI=1S/C13H17ClO/c1-8(2)11-6-10(14)5-9-7-13(3,4)15-12(9)11/h5-6,8H,7H2,1-4H3. The first kappa shape index (κ1) is 10.8. The monoisotopic (exact) mass is 224 g/mol. The Bertz CT molecular complexity index is 394. The van der Waals surface area contributed by atoms with Crippen LogP contribution < -0.4 is 4.74 Å². The number of fused-ring (bicyclic) bond motifs is 1. The number of ether oxygens (including phenoxy) is 1. The summed E-state index contributed by atoms with van der Waals surface area (Å²) in [5, 5.41) is 0.818. The highest BCUT2D eigenvalue weighted by Crippen LogP contribution is 2.42. The fourth-order valence-corrected chi connectivity index (χ4v) is 2.38. The van der Waals surface area contributed by atoms with Crippen LogP contribution in [-0.4, -0.2) is 5.60 Å². The van der Waals surface area contributed by atoms with E-state index in [0.717, 1.165) is 17.2 Å². The summed E-state index contributed by atoms with van der Waals surface area (Å²) in [5.41, 5.74) is 2.38. The molecule has 15 heavy (non-hydrogen) atoms. The van der Waals surface area contributed by atoms with E-state index >= 15 is 0 Å². The molecular weight excluding hydrogens is 208 g/mol. The van der Waals surface area contributed by atoms with Gasteiger partial charge in [0.05, 0.1) is 0 Å². The van der Waals surface area contributed by atoms with Crippen molar-refractivity contribution in [3.05, 3.63) is 28.3 Å². The molecule has 0 atom stereocenters. The fraction of sp³-hybridized carbons (Fsp3) is 0.538. The van der Waals surface area contributed by atoms with Crippen molar-refractivity contribution in [3.8, 4) is 5.75 Å². The van der Waals surface area contributed by atoms with Gasteiger partial charge in [-0.1, -0.05) is 25.4 Å². The highest BCUT2D eigenvalue weighted by Gasteiger charge is 2.32. The summed E-state index contributed by atoms with van der Waals surface area (Å²) in [4.78, 5) is 0. The molecule has 1 aromatic rings. The van der Waals surface area contributed by atoms with E-state index in [1.54, 1.807) is 0 Å². The molecule has 0 saturated heterocycles. The molecule has 0 saturated carbocycles. The summed E-state index contributed by atoms with van der Waals surface area (Å²) in [6, 6.07) is 4.05. The van der Waals surface area contributed by atoms with Gasteiger partial charge in [-0.25, -0.2) is 0 Å². The van der Waals surface area contributed by atoms with Crippen LogP contribution in [-0.2, 0) is 6.42 Å². The maximum Gasteiger partial charge on any atom is 0.127 e. The van der Waals surface area contributed by atoms with Gasteiger partial charge in [0.15, 0.2) is 0 Å². The normalized spacial score (nSPS) is 17.7. The lowest BCUT2D eigenvalue weighted by molar-refractivity contribution is 0.137. The van der Waals surface area contributed by atoms with Gasteiger partial charge in [0, 0.05) is 11.4 Å². The molecule has 1 aliphatic rings. The first-order chi connectivity index (χ1) is 6.89. The minimum absolute atomic E-state index is 0.0867. The van der Waals surface area contributed by atoms with Crippen molar-refractivity contribution in [2.24, 2.45) is 0 Å². The number of rotatable bonds is 1. The average Bonchev–Trinajstić information content (AvgIpc) is 2.36. The number of benzene rings is 1. The maximum absolute atomic E-state index is 6.11. The lowest BCUT2D eigenvalue weighted by atomic mass is 9.96. The molecule has 1 aromatic carbocycles. The maximum atomic E-state index is 6.11. The molecule has 0 radical (unpaired) electrons. The first-order valence-electron chi connectivity index (χ1n) is 5.40. The Hall–Kier alpha value is -0.690. The van der Waals surface area contributed by atoms with Gasteiger partial charge in [0.2, 0.25) is 0 Å². The Morgan fingerprint density at radius 1 is 1.33 bits per heavy atom. The zero-order chi connectivity index (χ0) is 11.2. The predicted molar refractivity (Wildman–Crippen MR) is 64.0 cm³/mol. The third kappa shape index (κ3) is 1.98. The van der Waals surface area contributed by atoms with Crippen molar-refractivity contribution >= 4 is 11.6 Å². The summed E-state index contributed by atoms with van der Waals surface area (Å²) in [6.45, 7) is 8.57. The van der Waals surface area contributed by atoms with Crippen LogP contribution >= 0.6 is 11.6 Å². The van der Waals surface area contributed by atoms with E-state index in [1.165, 1.54) is 11.1 Å². The van der Waals surface area contributed by atoms with Gasteiger partial charge in [0.25, 0.3) is 0 Å². The molecule has 82 valence electrons. The lowest BCUT2D eigenvalue weighted by Crippen LogP contribution is -2.24. The van der Waals surface area contributed by atoms with E-state index in [4.69, 9.17) is 16.3 Å². The second-order valence-electron chi connectivity index (χ2n) is 5.18. The topological polar surface area (TPSA) is 9.23 Å². The van der Waals surface area contributed by atoms with Crippen molar-refractivity contribution in [1.29, 1.82) is 0 Å². The minimum Gasteiger partial charge on any atom is -0.487 e. The summed E-state index contributed by atoms with van der Waals surface area (Å²) in [7, 11) is 0. The minimum atomic E-state index is -0.0867. The van der Waals surface area contributed by atoms with Gasteiger partial charge in [0.1, 0.15) is 11.4 Å². The summed E-state index contributed by atoms with van der Waals surface area (Å²) < 4.78 is 5.98. The van der Waals surface area contributed by atoms with Crippen molar-refractivity contribution in [2.75, 3.05) is 0 Å². The van der Waals surface area contributed by atoms with Crippen LogP contribution in [0.3, 0.4) is 0 Å². The molecule has 1 nitrogen and oxygen atoms in total. The number of hydrogen-bond donors (Lipinski definition) is 0. The van der Waals surface area contributed by atoms with Gasteiger partial charge >= 0.3 is 0 Å². The molecule has 0 amide bonds. The van der Waals surface area contributed by atoms with Crippen molar-refractivity contribution < 1.29 is 4.74 Å². The number of hydrogen-bond acceptors (Lipinski definition) is 1. The highest BCUT2D eigenvalue weighted by molar-refractivity contribution is 6.30. The molecule has 0 spiro atoms. The van der Waals surface area contributed by atoms with Crippen LogP contribution in [0.2, 0.25) is 5.02 Å². The molecule has 0 N–H and O–H groups in total. The Kier molecular flexibility index (Phi) is 2.46. The molecule has 0 aromatic heterocycles. The van der Waals surface area contributed by atoms with Crippen LogP contribution in [0, 0.1) is 0 Å². The van der Waals surface area contributed by atoms with E-state index in [2.05, 4.69) is 27.7 Å². The lowest BCUT2D eigenvalue weighted by Gasteiger charge is -2.19. The molecule has 0 aliphatic carbocycles. The highest BCUT2D eigenvalue weighted by atomic mass is 35.5. The quantitative estimate of drug-likeness (QED) is 0.696. The van der Waals surface area contributed by atoms with Crippen molar-refractivity contribution in [3.63, 3.8) is 0 Å². The van der Waals surface area contributed by atoms with E-state index in [0.29, 0.717) is 5.92 Å². The predicted octanol–water partition coefficient (Wildman–Crippen LogP) is 4.18. The fourth-order valence-electron chi connectivity index (χ4n) is 2.13. The molecule has 0 unspecified atom stereocenters. The first-order valence-corrected chi connectivity index (χ1v) is 5.78. The Morgan fingerprint density at radius 3 is 2.60 bits per heavy atom. The third-order valence-electron chi connectivity index (χ3n) is 2.78. The second-order valence-corrected chi connectivity index (χ2v) is 5.61. The summed E-state index contributed by atoms with van der Waals surface area (Å²) in [5.74, 6) is 1.51. The van der Waals surface area contributed by atoms with E-state index in [-0.39, 0.29) is 5.60 Å². The molecule has 2 rings (SSSR count).